The van der Waals surface area contributed by atoms with Gasteiger partial charge in [-0.3, -0.25) is 0 Å². The average Bonchev–Trinajstić information content (AvgIpc) is 2.73. The number of nitrogens with zero attached hydrogens (tertiary/aromatic N) is 2. The molecule has 0 unspecified atom stereocenters. The van der Waals surface area contributed by atoms with Crippen LogP contribution in [0.15, 0.2) is 12.4 Å². The zero-order chi connectivity index (χ0) is 8.55. The molecule has 1 N–H and O–H groups in total. The van der Waals surface area contributed by atoms with Crippen molar-refractivity contribution in [3.05, 3.63) is 12.4 Å². The lowest BCUT2D eigenvalue weighted by atomic mass is 10.4. The second-order valence-corrected chi connectivity index (χ2v) is 3.69. The van der Waals surface area contributed by atoms with Crippen LogP contribution in [0.1, 0.15) is 32.7 Å². The van der Waals surface area contributed by atoms with Crippen LogP contribution < -0.4 is 5.32 Å². The smallest absolute Gasteiger partial charge is 0.203 e. The van der Waals surface area contributed by atoms with E-state index in [1.165, 1.54) is 12.8 Å². The summed E-state index contributed by atoms with van der Waals surface area (Å²) in [5.74, 6) is 1.02. The zero-order valence-electron chi connectivity index (χ0n) is 7.62. The molecule has 12 heavy (non-hydrogen) atoms. The Morgan fingerprint density at radius 2 is 2.33 bits per heavy atom. The van der Waals surface area contributed by atoms with Gasteiger partial charge >= 0.3 is 0 Å². The van der Waals surface area contributed by atoms with Gasteiger partial charge in [0.25, 0.3) is 0 Å². The van der Waals surface area contributed by atoms with E-state index in [-0.39, 0.29) is 0 Å². The molecular formula is C9H15N3. The van der Waals surface area contributed by atoms with Crippen molar-refractivity contribution in [2.75, 3.05) is 5.32 Å². The van der Waals surface area contributed by atoms with Crippen molar-refractivity contribution in [1.82, 2.24) is 9.55 Å². The molecule has 66 valence electrons. The van der Waals surface area contributed by atoms with Crippen LogP contribution in [0.4, 0.5) is 5.95 Å². The Bertz CT molecular complexity index is 260. The molecule has 1 saturated carbocycles. The molecule has 1 aliphatic rings. The normalized spacial score (nSPS) is 16.9. The van der Waals surface area contributed by atoms with Crippen LogP contribution in [0, 0.1) is 0 Å². The Kier molecular flexibility index (Phi) is 1.79. The number of aromatic nitrogens is 2. The second kappa shape index (κ2) is 2.81. The Labute approximate surface area is 72.8 Å². The first kappa shape index (κ1) is 7.65. The maximum absolute atomic E-state index is 4.27. The molecule has 3 heteroatoms. The van der Waals surface area contributed by atoms with Crippen molar-refractivity contribution in [1.29, 1.82) is 0 Å². The van der Waals surface area contributed by atoms with Gasteiger partial charge in [-0.2, -0.15) is 0 Å². The van der Waals surface area contributed by atoms with Crippen LogP contribution in [0.2, 0.25) is 0 Å². The van der Waals surface area contributed by atoms with E-state index in [1.807, 2.05) is 6.20 Å². The minimum Gasteiger partial charge on any atom is -0.353 e. The third-order valence-corrected chi connectivity index (χ3v) is 2.03. The highest BCUT2D eigenvalue weighted by atomic mass is 15.2. The van der Waals surface area contributed by atoms with Crippen molar-refractivity contribution in [2.24, 2.45) is 0 Å². The predicted molar refractivity (Wildman–Crippen MR) is 49.3 cm³/mol. The summed E-state index contributed by atoms with van der Waals surface area (Å²) in [7, 11) is 0. The van der Waals surface area contributed by atoms with E-state index in [4.69, 9.17) is 0 Å². The van der Waals surface area contributed by atoms with Crippen molar-refractivity contribution < 1.29 is 0 Å². The Morgan fingerprint density at radius 1 is 1.58 bits per heavy atom. The number of nitrogens with one attached hydrogen (secondary N) is 1. The third kappa shape index (κ3) is 1.44. The van der Waals surface area contributed by atoms with E-state index in [0.717, 1.165) is 5.95 Å². The maximum Gasteiger partial charge on any atom is 0.203 e. The number of imidazole rings is 1. The topological polar surface area (TPSA) is 29.9 Å². The predicted octanol–water partition coefficient (Wildman–Crippen LogP) is 2.04. The Hall–Kier alpha value is -0.990. The van der Waals surface area contributed by atoms with E-state index in [2.05, 4.69) is 34.9 Å². The molecule has 1 fully saturated rings. The highest BCUT2D eigenvalue weighted by Crippen LogP contribution is 2.36. The van der Waals surface area contributed by atoms with E-state index >= 15 is 0 Å². The molecule has 0 bridgehead atoms. The quantitative estimate of drug-likeness (QED) is 0.742. The van der Waals surface area contributed by atoms with Gasteiger partial charge in [-0.15, -0.1) is 0 Å². The molecule has 1 aliphatic carbocycles. The molecule has 1 heterocycles. The molecular weight excluding hydrogens is 150 g/mol. The fourth-order valence-electron chi connectivity index (χ4n) is 1.33. The van der Waals surface area contributed by atoms with Crippen LogP contribution in [0.3, 0.4) is 0 Å². The number of hydrogen-bond donors (Lipinski definition) is 1. The summed E-state index contributed by atoms with van der Waals surface area (Å²) in [6.45, 7) is 4.26. The van der Waals surface area contributed by atoms with Crippen molar-refractivity contribution in [2.45, 2.75) is 38.8 Å². The van der Waals surface area contributed by atoms with Gasteiger partial charge in [0.05, 0.1) is 0 Å². The van der Waals surface area contributed by atoms with E-state index in [1.54, 1.807) is 0 Å². The third-order valence-electron chi connectivity index (χ3n) is 2.03. The van der Waals surface area contributed by atoms with E-state index in [9.17, 15) is 0 Å². The van der Waals surface area contributed by atoms with E-state index < -0.39 is 0 Å². The lowest BCUT2D eigenvalue weighted by Crippen LogP contribution is -2.14. The number of hydrogen-bond acceptors (Lipinski definition) is 2. The molecule has 0 saturated heterocycles. The van der Waals surface area contributed by atoms with Crippen LogP contribution in [-0.2, 0) is 0 Å². The van der Waals surface area contributed by atoms with Crippen LogP contribution in [0.25, 0.3) is 0 Å². The monoisotopic (exact) mass is 165 g/mol. The molecule has 0 aromatic carbocycles. The first-order chi connectivity index (χ1) is 5.77. The molecule has 3 nitrogen and oxygen atoms in total. The van der Waals surface area contributed by atoms with Crippen LogP contribution in [0.5, 0.6) is 0 Å². The Morgan fingerprint density at radius 3 is 2.92 bits per heavy atom. The summed E-state index contributed by atoms with van der Waals surface area (Å²) < 4.78 is 2.24. The standard InChI is InChI=1S/C9H15N3/c1-7(2)11-9-10-5-6-12(9)8-3-4-8/h5-8H,3-4H2,1-2H3,(H,10,11). The largest absolute Gasteiger partial charge is 0.353 e. The number of rotatable bonds is 3. The van der Waals surface area contributed by atoms with Crippen LogP contribution in [-0.4, -0.2) is 15.6 Å². The summed E-state index contributed by atoms with van der Waals surface area (Å²) in [4.78, 5) is 4.27. The van der Waals surface area contributed by atoms with Gasteiger partial charge < -0.3 is 9.88 Å². The minimum absolute atomic E-state index is 0.463. The summed E-state index contributed by atoms with van der Waals surface area (Å²) in [5, 5.41) is 3.33. The SMILES string of the molecule is CC(C)Nc1nccn1C1CC1. The van der Waals surface area contributed by atoms with E-state index in [0.29, 0.717) is 12.1 Å². The summed E-state index contributed by atoms with van der Waals surface area (Å²) in [6, 6.07) is 1.18. The fourth-order valence-corrected chi connectivity index (χ4v) is 1.33. The average molecular weight is 165 g/mol. The number of anilines is 1. The molecule has 1 aromatic rings. The molecule has 0 spiro atoms. The summed E-state index contributed by atoms with van der Waals surface area (Å²) in [5.41, 5.74) is 0. The minimum atomic E-state index is 0.463. The lowest BCUT2D eigenvalue weighted by Gasteiger charge is -2.10. The molecule has 0 radical (unpaired) electrons. The van der Waals surface area contributed by atoms with Crippen LogP contribution >= 0.6 is 0 Å². The summed E-state index contributed by atoms with van der Waals surface area (Å²) in [6.07, 6.45) is 6.54. The Balaban J connectivity index is 2.13. The molecule has 0 aliphatic heterocycles. The van der Waals surface area contributed by atoms with Gasteiger partial charge in [0.1, 0.15) is 0 Å². The van der Waals surface area contributed by atoms with Gasteiger partial charge in [-0.25, -0.2) is 4.98 Å². The van der Waals surface area contributed by atoms with Gasteiger partial charge in [-0.1, -0.05) is 0 Å². The zero-order valence-corrected chi connectivity index (χ0v) is 7.62. The molecule has 1 aromatic heterocycles. The van der Waals surface area contributed by atoms with Gasteiger partial charge in [0.15, 0.2) is 0 Å². The fraction of sp³-hybridized carbons (Fsp3) is 0.667. The van der Waals surface area contributed by atoms with Gasteiger partial charge in [0, 0.05) is 24.5 Å². The first-order valence-corrected chi connectivity index (χ1v) is 4.57. The first-order valence-electron chi connectivity index (χ1n) is 4.57. The molecule has 0 atom stereocenters. The molecule has 0 amide bonds. The van der Waals surface area contributed by atoms with Gasteiger partial charge in [0.2, 0.25) is 5.95 Å². The van der Waals surface area contributed by atoms with Crippen molar-refractivity contribution >= 4 is 5.95 Å². The van der Waals surface area contributed by atoms with Gasteiger partial charge in [-0.05, 0) is 26.7 Å². The van der Waals surface area contributed by atoms with Crippen molar-refractivity contribution in [3.63, 3.8) is 0 Å². The lowest BCUT2D eigenvalue weighted by molar-refractivity contribution is 0.730. The summed E-state index contributed by atoms with van der Waals surface area (Å²) >= 11 is 0. The molecule has 2 rings (SSSR count). The highest BCUT2D eigenvalue weighted by molar-refractivity contribution is 5.28. The second-order valence-electron chi connectivity index (χ2n) is 3.69. The highest BCUT2D eigenvalue weighted by Gasteiger charge is 2.25. The van der Waals surface area contributed by atoms with Crippen molar-refractivity contribution in [3.8, 4) is 0 Å². The maximum atomic E-state index is 4.27.